The van der Waals surface area contributed by atoms with Crippen LogP contribution in [-0.2, 0) is 17.6 Å². The van der Waals surface area contributed by atoms with Crippen molar-refractivity contribution in [3.63, 3.8) is 0 Å². The van der Waals surface area contributed by atoms with E-state index in [0.29, 0.717) is 37.7 Å². The number of pyridine rings is 1. The molecule has 4 rings (SSSR count). The minimum absolute atomic E-state index is 0.0298. The van der Waals surface area contributed by atoms with Crippen LogP contribution in [0.5, 0.6) is 11.5 Å². The highest BCUT2D eigenvalue weighted by Crippen LogP contribution is 2.35. The summed E-state index contributed by atoms with van der Waals surface area (Å²) in [7, 11) is 0. The molecule has 34 heavy (non-hydrogen) atoms. The van der Waals surface area contributed by atoms with E-state index >= 15 is 0 Å². The second kappa shape index (κ2) is 10.9. The first-order chi connectivity index (χ1) is 16.5. The number of benzene rings is 2. The molecule has 0 fully saturated rings. The minimum Gasteiger partial charge on any atom is -0.711 e. The maximum Gasteiger partial charge on any atom is 0.303 e. The zero-order valence-corrected chi connectivity index (χ0v) is 19.3. The van der Waals surface area contributed by atoms with E-state index in [4.69, 9.17) is 9.47 Å². The van der Waals surface area contributed by atoms with Gasteiger partial charge in [-0.05, 0) is 60.1 Å². The fourth-order valence-electron chi connectivity index (χ4n) is 4.45. The molecule has 0 spiro atoms. The molecule has 1 unspecified atom stereocenters. The number of nitrogens with zero attached hydrogens (tertiary/aromatic N) is 1. The van der Waals surface area contributed by atoms with E-state index < -0.39 is 5.97 Å². The summed E-state index contributed by atoms with van der Waals surface area (Å²) in [5.41, 5.74) is 4.65. The van der Waals surface area contributed by atoms with Gasteiger partial charge in [0.1, 0.15) is 11.5 Å². The van der Waals surface area contributed by atoms with Crippen LogP contribution in [-0.4, -0.2) is 30.8 Å². The number of rotatable bonds is 10. The summed E-state index contributed by atoms with van der Waals surface area (Å²) in [5, 5.41) is 24.5. The number of aliphatic carboxylic acids is 1. The highest BCUT2D eigenvalue weighted by atomic mass is 16.5. The van der Waals surface area contributed by atoms with Crippen molar-refractivity contribution in [2.75, 3.05) is 25.1 Å². The molecule has 0 aliphatic heterocycles. The first-order valence-electron chi connectivity index (χ1n) is 11.7. The summed E-state index contributed by atoms with van der Waals surface area (Å²) in [6.07, 6.45) is 3.75. The maximum atomic E-state index is 11.9. The van der Waals surface area contributed by atoms with Crippen LogP contribution in [0.4, 0.5) is 5.82 Å². The van der Waals surface area contributed by atoms with Crippen LogP contribution in [0.1, 0.15) is 47.9 Å². The van der Waals surface area contributed by atoms with E-state index in [-0.39, 0.29) is 12.3 Å². The van der Waals surface area contributed by atoms with E-state index in [1.54, 1.807) is 12.1 Å². The third-order valence-corrected chi connectivity index (χ3v) is 6.04. The lowest BCUT2D eigenvalue weighted by Crippen LogP contribution is -2.30. The van der Waals surface area contributed by atoms with E-state index in [2.05, 4.69) is 29.6 Å². The Kier molecular flexibility index (Phi) is 7.52. The lowest BCUT2D eigenvalue weighted by Gasteiger charge is -2.16. The van der Waals surface area contributed by atoms with Crippen molar-refractivity contribution in [2.24, 2.45) is 0 Å². The molecule has 0 bridgehead atoms. The predicted octanol–water partition coefficient (Wildman–Crippen LogP) is 4.30. The molecule has 7 nitrogen and oxygen atoms in total. The zero-order valence-electron chi connectivity index (χ0n) is 19.3. The van der Waals surface area contributed by atoms with Crippen molar-refractivity contribution in [2.45, 2.75) is 38.5 Å². The third-order valence-electron chi connectivity index (χ3n) is 6.04. The van der Waals surface area contributed by atoms with Gasteiger partial charge in [-0.3, -0.25) is 10.1 Å². The molecule has 178 valence electrons. The second-order valence-corrected chi connectivity index (χ2v) is 8.44. The fraction of sp³-hybridized carbons (Fsp3) is 0.333. The molecule has 2 aromatic carbocycles. The lowest BCUT2D eigenvalue weighted by atomic mass is 9.89. The first-order valence-corrected chi connectivity index (χ1v) is 11.7. The number of ether oxygens (including phenoxy) is 2. The summed E-state index contributed by atoms with van der Waals surface area (Å²) < 4.78 is 12.2. The van der Waals surface area contributed by atoms with Crippen molar-refractivity contribution in [1.82, 2.24) is 0 Å². The number of carboxylic acids is 1. The molecule has 0 radical (unpaired) electrons. The van der Waals surface area contributed by atoms with Crippen LogP contribution in [0.25, 0.3) is 0 Å². The molecule has 2 N–H and O–H groups in total. The van der Waals surface area contributed by atoms with E-state index in [1.165, 1.54) is 22.9 Å². The average molecular weight is 463 g/mol. The highest BCUT2D eigenvalue weighted by molar-refractivity contribution is 5.68. The molecule has 0 saturated heterocycles. The quantitative estimate of drug-likeness (QED) is 0.265. The molecule has 1 aliphatic rings. The Morgan fingerprint density at radius 1 is 1.09 bits per heavy atom. The number of carboxylic acid groups (broad SMARTS) is 1. The number of nitrogens with one attached hydrogen (secondary N) is 1. The Hall–Kier alpha value is -3.74. The first kappa shape index (κ1) is 23.4. The number of carbonyl (C=O) groups is 1. The van der Waals surface area contributed by atoms with Crippen molar-refractivity contribution < 1.29 is 24.1 Å². The van der Waals surface area contributed by atoms with Crippen molar-refractivity contribution >= 4 is 11.8 Å². The topological polar surface area (TPSA) is 94.7 Å². The molecule has 1 atom stereocenters. The van der Waals surface area contributed by atoms with Gasteiger partial charge in [0.05, 0.1) is 38.4 Å². The second-order valence-electron chi connectivity index (χ2n) is 8.44. The molecule has 0 saturated carbocycles. The monoisotopic (exact) mass is 462 g/mol. The Bertz CT molecular complexity index is 1150. The summed E-state index contributed by atoms with van der Waals surface area (Å²) in [6.45, 7) is 3.54. The van der Waals surface area contributed by atoms with Gasteiger partial charge in [0.15, 0.2) is 0 Å². The lowest BCUT2D eigenvalue weighted by molar-refractivity contribution is -0.590. The molecular weight excluding hydrogens is 432 g/mol. The van der Waals surface area contributed by atoms with Gasteiger partial charge < -0.3 is 19.8 Å². The molecule has 1 heterocycles. The Balaban J connectivity index is 1.36. The Labute approximate surface area is 199 Å². The van der Waals surface area contributed by atoms with Crippen molar-refractivity contribution in [1.29, 1.82) is 0 Å². The summed E-state index contributed by atoms with van der Waals surface area (Å²) >= 11 is 0. The van der Waals surface area contributed by atoms with Gasteiger partial charge in [0, 0.05) is 12.5 Å². The molecule has 0 amide bonds. The normalized spacial score (nSPS) is 14.4. The molecule has 3 aromatic rings. The number of hydrogen-bond donors (Lipinski definition) is 2. The highest BCUT2D eigenvalue weighted by Gasteiger charge is 2.24. The van der Waals surface area contributed by atoms with Gasteiger partial charge in [0.25, 0.3) is 5.82 Å². The van der Waals surface area contributed by atoms with E-state index in [9.17, 15) is 15.1 Å². The van der Waals surface area contributed by atoms with Gasteiger partial charge in [-0.25, -0.2) is 4.73 Å². The van der Waals surface area contributed by atoms with Gasteiger partial charge in [-0.2, -0.15) is 0 Å². The number of fused-ring (bicyclic) bond motifs is 2. The third kappa shape index (κ3) is 5.78. The SMILES string of the molecule is CCOc1cc[n+]([O-])c(NCCCOc2ccc3c(c2)Cc2ccccc2C(CC(=O)O)C3)c1. The number of anilines is 1. The smallest absolute Gasteiger partial charge is 0.303 e. The minimum atomic E-state index is -0.774. The zero-order chi connectivity index (χ0) is 23.9. The predicted molar refractivity (Wildman–Crippen MR) is 130 cm³/mol. The maximum absolute atomic E-state index is 11.9. The summed E-state index contributed by atoms with van der Waals surface area (Å²) in [5.74, 6) is 1.10. The van der Waals surface area contributed by atoms with Crippen LogP contribution in [0.3, 0.4) is 0 Å². The van der Waals surface area contributed by atoms with E-state index in [0.717, 1.165) is 28.9 Å². The van der Waals surface area contributed by atoms with E-state index in [1.807, 2.05) is 25.1 Å². The molecular formula is C27H30N2O5. The number of hydrogen-bond acceptors (Lipinski definition) is 5. The van der Waals surface area contributed by atoms with Crippen LogP contribution >= 0.6 is 0 Å². The molecule has 1 aromatic heterocycles. The standard InChI is InChI=1S/C27H30N2O5/c1-2-33-24-10-12-29(32)26(18-24)28-11-5-13-34-23-9-8-19-14-22(17-27(30)31)25-7-4-3-6-20(25)15-21(19)16-23/h3-4,6-10,12,16,18,22,28H,2,5,11,13-15,17H2,1H3,(H,30,31). The van der Waals surface area contributed by atoms with Crippen LogP contribution in [0.15, 0.2) is 60.8 Å². The van der Waals surface area contributed by atoms with Gasteiger partial charge >= 0.3 is 5.97 Å². The molecule has 7 heteroatoms. The van der Waals surface area contributed by atoms with Crippen molar-refractivity contribution in [3.8, 4) is 11.5 Å². The van der Waals surface area contributed by atoms with Crippen LogP contribution in [0.2, 0.25) is 0 Å². The van der Waals surface area contributed by atoms with Crippen LogP contribution in [0, 0.1) is 5.21 Å². The summed E-state index contributed by atoms with van der Waals surface area (Å²) in [6, 6.07) is 17.5. The number of aromatic nitrogens is 1. The van der Waals surface area contributed by atoms with Gasteiger partial charge in [0.2, 0.25) is 0 Å². The Morgan fingerprint density at radius 2 is 1.91 bits per heavy atom. The summed E-state index contributed by atoms with van der Waals surface area (Å²) in [4.78, 5) is 11.4. The fourth-order valence-corrected chi connectivity index (χ4v) is 4.45. The van der Waals surface area contributed by atoms with Crippen LogP contribution < -0.4 is 19.5 Å². The molecule has 1 aliphatic carbocycles. The van der Waals surface area contributed by atoms with Gasteiger partial charge in [-0.1, -0.05) is 30.3 Å². The average Bonchev–Trinajstić information content (AvgIpc) is 2.96. The Morgan fingerprint density at radius 3 is 2.74 bits per heavy atom. The van der Waals surface area contributed by atoms with Crippen molar-refractivity contribution in [3.05, 3.63) is 88.3 Å². The van der Waals surface area contributed by atoms with Gasteiger partial charge in [-0.15, -0.1) is 0 Å². The largest absolute Gasteiger partial charge is 0.711 e.